The molecule has 0 aliphatic heterocycles. The van der Waals surface area contributed by atoms with Crippen LogP contribution in [0.5, 0.6) is 5.75 Å². The third-order valence-corrected chi connectivity index (χ3v) is 3.94. The largest absolute Gasteiger partial charge is 0.483 e. The minimum atomic E-state index is -0.458. The Labute approximate surface area is 147 Å². The highest BCUT2D eigenvalue weighted by Crippen LogP contribution is 2.22. The van der Waals surface area contributed by atoms with Crippen molar-refractivity contribution in [2.45, 2.75) is 27.3 Å². The van der Waals surface area contributed by atoms with Crippen LogP contribution in [-0.4, -0.2) is 37.5 Å². The second-order valence-corrected chi connectivity index (χ2v) is 5.93. The number of hydrogen-bond acceptors (Lipinski definition) is 5. The van der Waals surface area contributed by atoms with Crippen LogP contribution < -0.4 is 4.74 Å². The molecule has 1 aromatic heterocycles. The van der Waals surface area contributed by atoms with Gasteiger partial charge >= 0.3 is 5.97 Å². The van der Waals surface area contributed by atoms with Crippen LogP contribution in [-0.2, 0) is 16.1 Å². The molecule has 0 spiro atoms. The van der Waals surface area contributed by atoms with Gasteiger partial charge in [0, 0.05) is 7.05 Å². The highest BCUT2D eigenvalue weighted by molar-refractivity contribution is 5.90. The van der Waals surface area contributed by atoms with Gasteiger partial charge in [0.15, 0.2) is 6.61 Å². The molecule has 0 aliphatic rings. The second kappa shape index (κ2) is 7.88. The number of hydrogen-bond donors (Lipinski definition) is 0. The first-order chi connectivity index (χ1) is 11.8. The second-order valence-electron chi connectivity index (χ2n) is 5.93. The molecule has 1 heterocycles. The number of rotatable bonds is 6. The van der Waals surface area contributed by atoms with E-state index in [1.54, 1.807) is 20.0 Å². The fraction of sp³-hybridized carbons (Fsp3) is 0.368. The molecule has 2 rings (SSSR count). The van der Waals surface area contributed by atoms with Crippen LogP contribution in [0.4, 0.5) is 0 Å². The summed E-state index contributed by atoms with van der Waals surface area (Å²) < 4.78 is 15.9. The molecule has 134 valence electrons. The minimum absolute atomic E-state index is 0.0637. The summed E-state index contributed by atoms with van der Waals surface area (Å²) in [6.07, 6.45) is 0. The van der Waals surface area contributed by atoms with E-state index in [-0.39, 0.29) is 19.1 Å². The van der Waals surface area contributed by atoms with E-state index in [0.29, 0.717) is 17.1 Å². The lowest BCUT2D eigenvalue weighted by molar-refractivity contribution is -0.132. The van der Waals surface area contributed by atoms with Crippen LogP contribution in [0.1, 0.15) is 33.0 Å². The minimum Gasteiger partial charge on any atom is -0.483 e. The predicted octanol–water partition coefficient (Wildman–Crippen LogP) is 3.03. The zero-order chi connectivity index (χ0) is 18.6. The molecular formula is C19H23NO5. The Hall–Kier alpha value is -2.76. The molecule has 0 aliphatic carbocycles. The van der Waals surface area contributed by atoms with Crippen LogP contribution in [0.25, 0.3) is 0 Å². The van der Waals surface area contributed by atoms with Crippen LogP contribution >= 0.6 is 0 Å². The van der Waals surface area contributed by atoms with E-state index >= 15 is 0 Å². The van der Waals surface area contributed by atoms with Crippen LogP contribution in [0.2, 0.25) is 0 Å². The van der Waals surface area contributed by atoms with Crippen LogP contribution in [0.15, 0.2) is 28.7 Å². The Morgan fingerprint density at radius 1 is 1.16 bits per heavy atom. The summed E-state index contributed by atoms with van der Waals surface area (Å²) in [4.78, 5) is 25.4. The molecule has 6 heteroatoms. The molecule has 1 aromatic carbocycles. The van der Waals surface area contributed by atoms with Crippen molar-refractivity contribution in [1.29, 1.82) is 0 Å². The van der Waals surface area contributed by atoms with Crippen molar-refractivity contribution in [1.82, 2.24) is 4.90 Å². The SMILES string of the molecule is COC(=O)c1cc(CN(C)C(=O)COc2c(C)cccc2C)oc1C. The Bertz CT molecular complexity index is 758. The topological polar surface area (TPSA) is 69.0 Å². The van der Waals surface area contributed by atoms with Gasteiger partial charge in [-0.3, -0.25) is 4.79 Å². The lowest BCUT2D eigenvalue weighted by atomic mass is 10.1. The monoisotopic (exact) mass is 345 g/mol. The van der Waals surface area contributed by atoms with Crippen LogP contribution in [0.3, 0.4) is 0 Å². The maximum absolute atomic E-state index is 12.3. The Morgan fingerprint density at radius 3 is 2.40 bits per heavy atom. The number of esters is 1. The van der Waals surface area contributed by atoms with Gasteiger partial charge in [-0.15, -0.1) is 0 Å². The summed E-state index contributed by atoms with van der Waals surface area (Å²) >= 11 is 0. The third-order valence-electron chi connectivity index (χ3n) is 3.94. The van der Waals surface area contributed by atoms with Gasteiger partial charge in [0.25, 0.3) is 5.91 Å². The number of nitrogens with zero attached hydrogens (tertiary/aromatic N) is 1. The van der Waals surface area contributed by atoms with Crippen molar-refractivity contribution in [3.8, 4) is 5.75 Å². The molecule has 0 saturated carbocycles. The van der Waals surface area contributed by atoms with Crippen molar-refractivity contribution < 1.29 is 23.5 Å². The number of furan rings is 1. The zero-order valence-electron chi connectivity index (χ0n) is 15.2. The highest BCUT2D eigenvalue weighted by atomic mass is 16.5. The molecule has 6 nitrogen and oxygen atoms in total. The molecule has 0 fully saturated rings. The van der Waals surface area contributed by atoms with Gasteiger partial charge in [-0.25, -0.2) is 4.79 Å². The summed E-state index contributed by atoms with van der Waals surface area (Å²) in [5.41, 5.74) is 2.34. The van der Waals surface area contributed by atoms with Crippen molar-refractivity contribution in [3.05, 3.63) is 52.5 Å². The molecule has 2 aromatic rings. The maximum atomic E-state index is 12.3. The number of para-hydroxylation sites is 1. The summed E-state index contributed by atoms with van der Waals surface area (Å²) in [6, 6.07) is 7.42. The van der Waals surface area contributed by atoms with E-state index < -0.39 is 5.97 Å². The number of benzene rings is 1. The lowest BCUT2D eigenvalue weighted by Crippen LogP contribution is -2.31. The Kier molecular flexibility index (Phi) is 5.85. The smallest absolute Gasteiger partial charge is 0.341 e. The standard InChI is InChI=1S/C19H23NO5/c1-12-7-6-8-13(2)18(12)24-11-17(21)20(4)10-15-9-16(14(3)25-15)19(22)23-5/h6-9H,10-11H2,1-5H3. The molecule has 0 radical (unpaired) electrons. The molecular weight excluding hydrogens is 322 g/mol. The summed E-state index contributed by atoms with van der Waals surface area (Å²) in [7, 11) is 2.97. The normalized spacial score (nSPS) is 10.4. The van der Waals surface area contributed by atoms with E-state index in [2.05, 4.69) is 0 Å². The summed E-state index contributed by atoms with van der Waals surface area (Å²) in [6.45, 7) is 5.74. The van der Waals surface area contributed by atoms with E-state index in [0.717, 1.165) is 16.9 Å². The average molecular weight is 345 g/mol. The molecule has 0 unspecified atom stereocenters. The van der Waals surface area contributed by atoms with E-state index in [9.17, 15) is 9.59 Å². The number of methoxy groups -OCH3 is 1. The average Bonchev–Trinajstić information content (AvgIpc) is 2.93. The number of carbonyl (C=O) groups excluding carboxylic acids is 2. The highest BCUT2D eigenvalue weighted by Gasteiger charge is 2.18. The van der Waals surface area contributed by atoms with Crippen LogP contribution in [0, 0.1) is 20.8 Å². The molecule has 0 bridgehead atoms. The van der Waals surface area contributed by atoms with E-state index in [1.165, 1.54) is 12.0 Å². The lowest BCUT2D eigenvalue weighted by Gasteiger charge is -2.17. The van der Waals surface area contributed by atoms with Gasteiger partial charge in [0.2, 0.25) is 0 Å². The maximum Gasteiger partial charge on any atom is 0.341 e. The van der Waals surface area contributed by atoms with Gasteiger partial charge in [-0.1, -0.05) is 18.2 Å². The number of likely N-dealkylation sites (N-methyl/N-ethyl adjacent to an activating group) is 1. The summed E-state index contributed by atoms with van der Waals surface area (Å²) in [5, 5.41) is 0. The van der Waals surface area contributed by atoms with E-state index in [4.69, 9.17) is 13.9 Å². The molecule has 1 amide bonds. The van der Waals surface area contributed by atoms with Gasteiger partial charge in [0.05, 0.1) is 13.7 Å². The van der Waals surface area contributed by atoms with Crippen molar-refractivity contribution in [2.24, 2.45) is 0 Å². The van der Waals surface area contributed by atoms with Crippen molar-refractivity contribution >= 4 is 11.9 Å². The van der Waals surface area contributed by atoms with Crippen molar-refractivity contribution in [2.75, 3.05) is 20.8 Å². The molecule has 0 saturated heterocycles. The van der Waals surface area contributed by atoms with Gasteiger partial charge < -0.3 is 18.8 Å². The molecule has 0 N–H and O–H groups in total. The first-order valence-electron chi connectivity index (χ1n) is 7.94. The number of amides is 1. The fourth-order valence-electron chi connectivity index (χ4n) is 2.53. The Balaban J connectivity index is 1.98. The van der Waals surface area contributed by atoms with E-state index in [1.807, 2.05) is 32.0 Å². The number of carbonyl (C=O) groups is 2. The summed E-state index contributed by atoms with van der Waals surface area (Å²) in [5.74, 6) is 1.07. The first kappa shape index (κ1) is 18.6. The fourth-order valence-corrected chi connectivity index (χ4v) is 2.53. The van der Waals surface area contributed by atoms with Gasteiger partial charge in [-0.05, 0) is 38.0 Å². The Morgan fingerprint density at radius 2 is 1.80 bits per heavy atom. The third kappa shape index (κ3) is 4.41. The quantitative estimate of drug-likeness (QED) is 0.753. The number of ether oxygens (including phenoxy) is 2. The predicted molar refractivity (Wildman–Crippen MR) is 92.7 cm³/mol. The molecule has 0 atom stereocenters. The van der Waals surface area contributed by atoms with Gasteiger partial charge in [0.1, 0.15) is 22.8 Å². The number of aryl methyl sites for hydroxylation is 3. The van der Waals surface area contributed by atoms with Gasteiger partial charge in [-0.2, -0.15) is 0 Å². The molecule has 25 heavy (non-hydrogen) atoms. The zero-order valence-corrected chi connectivity index (χ0v) is 15.2. The first-order valence-corrected chi connectivity index (χ1v) is 7.94. The van der Waals surface area contributed by atoms with Crippen molar-refractivity contribution in [3.63, 3.8) is 0 Å².